The fraction of sp³-hybridized carbons (Fsp3) is 0.150. The fourth-order valence-electron chi connectivity index (χ4n) is 2.78. The number of benzene rings is 2. The number of rotatable bonds is 5. The monoisotopic (exact) mass is 418 g/mol. The minimum atomic E-state index is -0.923. The molecule has 0 fully saturated rings. The third-order valence-corrected chi connectivity index (χ3v) is 4.67. The molecule has 1 aromatic heterocycles. The predicted molar refractivity (Wildman–Crippen MR) is 107 cm³/mol. The van der Waals surface area contributed by atoms with Gasteiger partial charge in [0.15, 0.2) is 5.82 Å². The lowest BCUT2D eigenvalue weighted by Gasteiger charge is -2.20. The molecule has 0 saturated carbocycles. The van der Waals surface area contributed by atoms with Crippen LogP contribution >= 0.6 is 11.6 Å². The summed E-state index contributed by atoms with van der Waals surface area (Å²) in [6.45, 7) is 0.393. The van der Waals surface area contributed by atoms with E-state index in [9.17, 15) is 18.4 Å². The maximum Gasteiger partial charge on any atom is 0.292 e. The van der Waals surface area contributed by atoms with Gasteiger partial charge >= 0.3 is 0 Å². The molecule has 0 spiro atoms. The van der Waals surface area contributed by atoms with E-state index in [0.717, 1.165) is 22.4 Å². The summed E-state index contributed by atoms with van der Waals surface area (Å²) in [5.74, 6) is -1.87. The molecule has 0 radical (unpaired) electrons. The first-order valence-corrected chi connectivity index (χ1v) is 8.95. The van der Waals surface area contributed by atoms with Crippen LogP contribution in [0.25, 0.3) is 5.69 Å². The Morgan fingerprint density at radius 1 is 1.21 bits per heavy atom. The van der Waals surface area contributed by atoms with E-state index in [-0.39, 0.29) is 16.6 Å². The van der Waals surface area contributed by atoms with Crippen molar-refractivity contribution in [2.75, 3.05) is 19.0 Å². The van der Waals surface area contributed by atoms with Crippen molar-refractivity contribution in [1.82, 2.24) is 15.1 Å². The second kappa shape index (κ2) is 8.40. The molecule has 0 aliphatic carbocycles. The number of hydrogen-bond acceptors (Lipinski definition) is 4. The van der Waals surface area contributed by atoms with Crippen LogP contribution in [0.3, 0.4) is 0 Å². The Morgan fingerprint density at radius 2 is 1.90 bits per heavy atom. The Morgan fingerprint density at radius 3 is 2.52 bits per heavy atom. The largest absolute Gasteiger partial charge is 0.368 e. The maximum absolute atomic E-state index is 14.0. The molecule has 1 N–H and O–H groups in total. The number of hydrogen-bond donors (Lipinski definition) is 1. The standard InChI is InChI=1S/C20H17ClF2N4O2/c1-24-19(28)13-5-3-12(4-6-13)11-26(2)17-10-25-27(20(29)18(17)21)16-8-7-14(22)9-15(16)23/h3-10H,11H2,1-2H3,(H,24,28). The zero-order valence-electron chi connectivity index (χ0n) is 15.6. The first kappa shape index (κ1) is 20.5. The van der Waals surface area contributed by atoms with Crippen LogP contribution in [-0.4, -0.2) is 29.8 Å². The van der Waals surface area contributed by atoms with Gasteiger partial charge in [-0.1, -0.05) is 23.7 Å². The molecular formula is C20H17ClF2N4O2. The SMILES string of the molecule is CNC(=O)c1ccc(CN(C)c2cnn(-c3ccc(F)cc3F)c(=O)c2Cl)cc1. The van der Waals surface area contributed by atoms with Crippen LogP contribution in [0.1, 0.15) is 15.9 Å². The van der Waals surface area contributed by atoms with E-state index in [1.54, 1.807) is 43.3 Å². The van der Waals surface area contributed by atoms with Crippen LogP contribution < -0.4 is 15.8 Å². The molecule has 0 saturated heterocycles. The summed E-state index contributed by atoms with van der Waals surface area (Å²) < 4.78 is 27.9. The molecule has 0 unspecified atom stereocenters. The van der Waals surface area contributed by atoms with E-state index in [1.807, 2.05) is 0 Å². The Balaban J connectivity index is 1.86. The van der Waals surface area contributed by atoms with Crippen molar-refractivity contribution in [3.8, 4) is 5.69 Å². The molecule has 6 nitrogen and oxygen atoms in total. The fourth-order valence-corrected chi connectivity index (χ4v) is 3.05. The summed E-state index contributed by atoms with van der Waals surface area (Å²) in [6, 6.07) is 9.78. The molecule has 0 aliphatic heterocycles. The van der Waals surface area contributed by atoms with E-state index in [4.69, 9.17) is 11.6 Å². The maximum atomic E-state index is 14.0. The molecule has 0 bridgehead atoms. The molecular weight excluding hydrogens is 402 g/mol. The van der Waals surface area contributed by atoms with E-state index in [0.29, 0.717) is 23.9 Å². The molecule has 3 rings (SSSR count). The molecule has 0 atom stereocenters. The first-order chi connectivity index (χ1) is 13.8. The van der Waals surface area contributed by atoms with Crippen molar-refractivity contribution in [2.45, 2.75) is 6.54 Å². The number of halogens is 3. The van der Waals surface area contributed by atoms with Gasteiger partial charge in [0.1, 0.15) is 16.5 Å². The first-order valence-electron chi connectivity index (χ1n) is 8.57. The Bertz CT molecular complexity index is 1120. The van der Waals surface area contributed by atoms with Crippen LogP contribution in [0.15, 0.2) is 53.5 Å². The van der Waals surface area contributed by atoms with Crippen molar-refractivity contribution >= 4 is 23.2 Å². The average molecular weight is 419 g/mol. The minimum Gasteiger partial charge on any atom is -0.368 e. The van der Waals surface area contributed by atoms with Crippen LogP contribution in [0.4, 0.5) is 14.5 Å². The zero-order valence-corrected chi connectivity index (χ0v) is 16.4. The van der Waals surface area contributed by atoms with Crippen molar-refractivity contribution in [3.63, 3.8) is 0 Å². The van der Waals surface area contributed by atoms with E-state index >= 15 is 0 Å². The minimum absolute atomic E-state index is 0.145. The van der Waals surface area contributed by atoms with Crippen molar-refractivity contribution < 1.29 is 13.6 Å². The lowest BCUT2D eigenvalue weighted by Crippen LogP contribution is -2.26. The highest BCUT2D eigenvalue weighted by molar-refractivity contribution is 6.33. The topological polar surface area (TPSA) is 67.2 Å². The van der Waals surface area contributed by atoms with Gasteiger partial charge in [-0.25, -0.2) is 8.78 Å². The van der Waals surface area contributed by atoms with E-state index in [1.165, 1.54) is 6.20 Å². The van der Waals surface area contributed by atoms with Gasteiger partial charge in [-0.3, -0.25) is 9.59 Å². The number of nitrogens with one attached hydrogen (secondary N) is 1. The number of anilines is 1. The predicted octanol–water partition coefficient (Wildman–Crippen LogP) is 3.16. The van der Waals surface area contributed by atoms with Gasteiger partial charge in [0, 0.05) is 32.3 Å². The summed E-state index contributed by atoms with van der Waals surface area (Å²) in [6.07, 6.45) is 1.34. The van der Waals surface area contributed by atoms with Gasteiger partial charge in [-0.05, 0) is 29.8 Å². The highest BCUT2D eigenvalue weighted by atomic mass is 35.5. The third-order valence-electron chi connectivity index (χ3n) is 4.31. The quantitative estimate of drug-likeness (QED) is 0.691. The van der Waals surface area contributed by atoms with Crippen molar-refractivity contribution in [3.05, 3.63) is 86.8 Å². The zero-order chi connectivity index (χ0) is 21.1. The number of carbonyl (C=O) groups excluding carboxylic acids is 1. The summed E-state index contributed by atoms with van der Waals surface area (Å²) in [5, 5.41) is 6.38. The summed E-state index contributed by atoms with van der Waals surface area (Å²) in [4.78, 5) is 25.9. The van der Waals surface area contributed by atoms with Crippen LogP contribution in [0.5, 0.6) is 0 Å². The highest BCUT2D eigenvalue weighted by Gasteiger charge is 2.16. The van der Waals surface area contributed by atoms with Crippen LogP contribution in [0, 0.1) is 11.6 Å². The second-order valence-corrected chi connectivity index (χ2v) is 6.67. The van der Waals surface area contributed by atoms with Gasteiger partial charge < -0.3 is 10.2 Å². The molecule has 150 valence electrons. The third kappa shape index (κ3) is 4.27. The summed E-state index contributed by atoms with van der Waals surface area (Å²) in [5.41, 5.74) is 0.840. The van der Waals surface area contributed by atoms with Gasteiger partial charge in [-0.15, -0.1) is 0 Å². The number of amides is 1. The molecule has 1 heterocycles. The molecule has 2 aromatic carbocycles. The van der Waals surface area contributed by atoms with Gasteiger partial charge in [0.05, 0.1) is 11.9 Å². The Labute approximate surface area is 170 Å². The number of carbonyl (C=O) groups is 1. The average Bonchev–Trinajstić information content (AvgIpc) is 2.70. The molecule has 0 aliphatic rings. The van der Waals surface area contributed by atoms with Gasteiger partial charge in [0.2, 0.25) is 0 Å². The second-order valence-electron chi connectivity index (χ2n) is 6.29. The number of nitrogens with zero attached hydrogens (tertiary/aromatic N) is 3. The highest BCUT2D eigenvalue weighted by Crippen LogP contribution is 2.23. The van der Waals surface area contributed by atoms with Crippen LogP contribution in [-0.2, 0) is 6.54 Å². The van der Waals surface area contributed by atoms with Gasteiger partial charge in [0.25, 0.3) is 11.5 Å². The molecule has 1 amide bonds. The Hall–Kier alpha value is -3.26. The Kier molecular flexibility index (Phi) is 5.93. The smallest absolute Gasteiger partial charge is 0.292 e. The lowest BCUT2D eigenvalue weighted by atomic mass is 10.1. The van der Waals surface area contributed by atoms with E-state index < -0.39 is 17.2 Å². The summed E-state index contributed by atoms with van der Waals surface area (Å²) in [7, 11) is 3.27. The molecule has 9 heteroatoms. The van der Waals surface area contributed by atoms with Crippen LogP contribution in [0.2, 0.25) is 5.02 Å². The molecule has 3 aromatic rings. The molecule has 29 heavy (non-hydrogen) atoms. The van der Waals surface area contributed by atoms with E-state index in [2.05, 4.69) is 10.4 Å². The lowest BCUT2D eigenvalue weighted by molar-refractivity contribution is 0.0963. The number of aromatic nitrogens is 2. The van der Waals surface area contributed by atoms with Gasteiger partial charge in [-0.2, -0.15) is 9.78 Å². The summed E-state index contributed by atoms with van der Waals surface area (Å²) >= 11 is 6.21. The normalized spacial score (nSPS) is 10.7. The van der Waals surface area contributed by atoms with Crippen molar-refractivity contribution in [2.24, 2.45) is 0 Å². The van der Waals surface area contributed by atoms with Crippen molar-refractivity contribution in [1.29, 1.82) is 0 Å².